The van der Waals surface area contributed by atoms with Crippen LogP contribution in [0.1, 0.15) is 59.8 Å². The van der Waals surface area contributed by atoms with Crippen LogP contribution in [0.4, 0.5) is 0 Å². The smallest absolute Gasteiger partial charge is 0.303 e. The van der Waals surface area contributed by atoms with E-state index in [0.29, 0.717) is 12.8 Å². The first-order chi connectivity index (χ1) is 14.0. The van der Waals surface area contributed by atoms with E-state index in [-0.39, 0.29) is 64.0 Å². The molecule has 3 fully saturated rings. The maximum Gasteiger partial charge on any atom is 0.303 e. The van der Waals surface area contributed by atoms with Crippen LogP contribution in [0.15, 0.2) is 11.6 Å². The summed E-state index contributed by atoms with van der Waals surface area (Å²) in [6.07, 6.45) is 4.63. The molecule has 0 unspecified atom stereocenters. The van der Waals surface area contributed by atoms with Gasteiger partial charge in [-0.05, 0) is 71.8 Å². The standard InChI is InChI=1S/C24H33ClO5/c1-12-7-16-15-9-18(25)17-8-14(27)5-6-23(17,3)22(15)19(28)10-24(16,4)21(12)20(29)11-30-13(2)26/h8,12,15-16,18-19,21-22,28H,5-7,9-11H2,1-4H3/t12-,15+,16+,18+,19+,21-,22-,23+,24+/m1/s1. The lowest BCUT2D eigenvalue weighted by molar-refractivity contribution is -0.154. The Hall–Kier alpha value is -1.20. The Morgan fingerprint density at radius 3 is 2.67 bits per heavy atom. The average Bonchev–Trinajstić information content (AvgIpc) is 2.91. The van der Waals surface area contributed by atoms with E-state index in [2.05, 4.69) is 20.8 Å². The third-order valence-electron chi connectivity index (χ3n) is 8.98. The van der Waals surface area contributed by atoms with Crippen LogP contribution >= 0.6 is 11.6 Å². The van der Waals surface area contributed by atoms with Crippen molar-refractivity contribution in [1.29, 1.82) is 0 Å². The number of rotatable bonds is 3. The zero-order valence-corrected chi connectivity index (χ0v) is 19.1. The fourth-order valence-electron chi connectivity index (χ4n) is 8.01. The van der Waals surface area contributed by atoms with Gasteiger partial charge in [-0.15, -0.1) is 11.6 Å². The zero-order chi connectivity index (χ0) is 22.0. The molecule has 4 aliphatic rings. The Labute approximate surface area is 183 Å². The molecule has 0 radical (unpaired) electrons. The number of halogens is 1. The molecule has 0 heterocycles. The van der Waals surface area contributed by atoms with Crippen LogP contribution in [-0.2, 0) is 19.1 Å². The SMILES string of the molecule is CC(=O)OCC(=O)[C@H]1[C@H](C)C[C@H]2[C@@H]3C[C@H](Cl)C4=CC(=O)CC[C@]4(C)[C@H]3[C@@H](O)C[C@@]21C. The number of carbonyl (C=O) groups is 3. The van der Waals surface area contributed by atoms with Crippen molar-refractivity contribution in [3.63, 3.8) is 0 Å². The molecule has 1 N–H and O–H groups in total. The maximum absolute atomic E-state index is 13.0. The van der Waals surface area contributed by atoms with Crippen molar-refractivity contribution in [3.8, 4) is 0 Å². The van der Waals surface area contributed by atoms with Gasteiger partial charge in [-0.2, -0.15) is 0 Å². The average molecular weight is 437 g/mol. The summed E-state index contributed by atoms with van der Waals surface area (Å²) >= 11 is 6.84. The summed E-state index contributed by atoms with van der Waals surface area (Å²) in [5, 5.41) is 11.2. The largest absolute Gasteiger partial charge is 0.458 e. The summed E-state index contributed by atoms with van der Waals surface area (Å²) in [6, 6.07) is 0. The van der Waals surface area contributed by atoms with Crippen molar-refractivity contribution in [3.05, 3.63) is 11.6 Å². The number of ketones is 2. The van der Waals surface area contributed by atoms with Crippen molar-refractivity contribution in [2.24, 2.45) is 40.4 Å². The number of aliphatic hydroxyl groups is 1. The van der Waals surface area contributed by atoms with Gasteiger partial charge in [0.05, 0.1) is 11.5 Å². The van der Waals surface area contributed by atoms with Crippen LogP contribution < -0.4 is 0 Å². The van der Waals surface area contributed by atoms with Crippen LogP contribution in [0.5, 0.6) is 0 Å². The van der Waals surface area contributed by atoms with Gasteiger partial charge in [-0.1, -0.05) is 20.8 Å². The van der Waals surface area contributed by atoms with E-state index in [1.807, 2.05) is 0 Å². The second-order valence-corrected chi connectivity index (χ2v) is 11.2. The van der Waals surface area contributed by atoms with Gasteiger partial charge in [0.25, 0.3) is 0 Å². The number of ether oxygens (including phenoxy) is 1. The summed E-state index contributed by atoms with van der Waals surface area (Å²) in [4.78, 5) is 36.3. The van der Waals surface area contributed by atoms with Crippen molar-refractivity contribution < 1.29 is 24.2 Å². The van der Waals surface area contributed by atoms with E-state index in [9.17, 15) is 19.5 Å². The first-order valence-corrected chi connectivity index (χ1v) is 11.7. The highest BCUT2D eigenvalue weighted by Gasteiger charge is 2.65. The molecule has 0 aromatic rings. The van der Waals surface area contributed by atoms with Gasteiger partial charge >= 0.3 is 5.97 Å². The fourth-order valence-corrected chi connectivity index (χ4v) is 8.53. The number of hydrogen-bond acceptors (Lipinski definition) is 5. The molecular weight excluding hydrogens is 404 g/mol. The van der Waals surface area contributed by atoms with E-state index < -0.39 is 12.1 Å². The summed E-state index contributed by atoms with van der Waals surface area (Å²) in [5.41, 5.74) is 0.390. The molecule has 0 aromatic carbocycles. The number of hydrogen-bond donors (Lipinski definition) is 1. The molecule has 0 spiro atoms. The van der Waals surface area contributed by atoms with E-state index in [0.717, 1.165) is 24.8 Å². The minimum Gasteiger partial charge on any atom is -0.458 e. The molecule has 5 nitrogen and oxygen atoms in total. The topological polar surface area (TPSA) is 80.7 Å². The lowest BCUT2D eigenvalue weighted by Crippen LogP contribution is -2.59. The highest BCUT2D eigenvalue weighted by atomic mass is 35.5. The van der Waals surface area contributed by atoms with Crippen molar-refractivity contribution in [2.45, 2.75) is 71.3 Å². The Bertz CT molecular complexity index is 805. The first kappa shape index (κ1) is 22.0. The molecule has 6 heteroatoms. The van der Waals surface area contributed by atoms with Gasteiger partial charge < -0.3 is 9.84 Å². The number of aliphatic hydroxyl groups excluding tert-OH is 1. The van der Waals surface area contributed by atoms with E-state index in [1.54, 1.807) is 6.08 Å². The predicted molar refractivity (Wildman–Crippen MR) is 113 cm³/mol. The molecule has 0 amide bonds. The molecule has 9 atom stereocenters. The molecule has 30 heavy (non-hydrogen) atoms. The molecule has 4 aliphatic carbocycles. The number of Topliss-reactive ketones (excluding diaryl/α,β-unsaturated/α-hetero) is 1. The number of allylic oxidation sites excluding steroid dienone is 1. The van der Waals surface area contributed by atoms with Gasteiger partial charge in [-0.25, -0.2) is 0 Å². The molecular formula is C24H33ClO5. The lowest BCUT2D eigenvalue weighted by atomic mass is 9.45. The summed E-state index contributed by atoms with van der Waals surface area (Å²) in [5.74, 6) is 0.128. The number of carbonyl (C=O) groups excluding carboxylic acids is 3. The Morgan fingerprint density at radius 1 is 1.30 bits per heavy atom. The molecule has 0 aliphatic heterocycles. The minimum atomic E-state index is -0.545. The Kier molecular flexibility index (Phi) is 5.46. The zero-order valence-electron chi connectivity index (χ0n) is 18.3. The van der Waals surface area contributed by atoms with E-state index >= 15 is 0 Å². The third kappa shape index (κ3) is 3.19. The highest BCUT2D eigenvalue weighted by Crippen LogP contribution is 2.68. The third-order valence-corrected chi connectivity index (χ3v) is 9.39. The molecule has 0 aromatic heterocycles. The fraction of sp³-hybridized carbons (Fsp3) is 0.792. The Balaban J connectivity index is 1.68. The molecule has 3 saturated carbocycles. The minimum absolute atomic E-state index is 0.0401. The highest BCUT2D eigenvalue weighted by molar-refractivity contribution is 6.23. The summed E-state index contributed by atoms with van der Waals surface area (Å²) in [6.45, 7) is 7.54. The van der Waals surface area contributed by atoms with Gasteiger partial charge in [0, 0.05) is 19.3 Å². The first-order valence-electron chi connectivity index (χ1n) is 11.2. The Morgan fingerprint density at radius 2 is 2.00 bits per heavy atom. The molecule has 0 bridgehead atoms. The van der Waals surface area contributed by atoms with Crippen molar-refractivity contribution >= 4 is 29.1 Å². The maximum atomic E-state index is 13.0. The number of esters is 1. The van der Waals surface area contributed by atoms with Gasteiger partial charge in [0.1, 0.15) is 6.61 Å². The monoisotopic (exact) mass is 436 g/mol. The van der Waals surface area contributed by atoms with Crippen LogP contribution in [0.2, 0.25) is 0 Å². The molecule has 0 saturated heterocycles. The van der Waals surface area contributed by atoms with Crippen LogP contribution in [0, 0.1) is 40.4 Å². The second-order valence-electron chi connectivity index (χ2n) is 10.7. The van der Waals surface area contributed by atoms with Crippen LogP contribution in [0.25, 0.3) is 0 Å². The van der Waals surface area contributed by atoms with E-state index in [1.165, 1.54) is 6.92 Å². The normalized spacial score (nSPS) is 47.6. The summed E-state index contributed by atoms with van der Waals surface area (Å²) < 4.78 is 5.02. The predicted octanol–water partition coefficient (Wildman–Crippen LogP) is 3.70. The van der Waals surface area contributed by atoms with Gasteiger partial charge in [-0.3, -0.25) is 14.4 Å². The van der Waals surface area contributed by atoms with Crippen LogP contribution in [0.3, 0.4) is 0 Å². The van der Waals surface area contributed by atoms with Crippen molar-refractivity contribution in [1.82, 2.24) is 0 Å². The second kappa shape index (κ2) is 7.44. The quantitative estimate of drug-likeness (QED) is 0.539. The molecule has 166 valence electrons. The summed E-state index contributed by atoms with van der Waals surface area (Å²) in [7, 11) is 0. The number of fused-ring (bicyclic) bond motifs is 5. The van der Waals surface area contributed by atoms with E-state index in [4.69, 9.17) is 16.3 Å². The molecule has 4 rings (SSSR count). The van der Waals surface area contributed by atoms with Gasteiger partial charge in [0.15, 0.2) is 11.6 Å². The lowest BCUT2D eigenvalue weighted by Gasteiger charge is -2.60. The van der Waals surface area contributed by atoms with Crippen LogP contribution in [-0.4, -0.2) is 40.7 Å². The van der Waals surface area contributed by atoms with Crippen molar-refractivity contribution in [2.75, 3.05) is 6.61 Å². The number of alkyl halides is 1. The van der Waals surface area contributed by atoms with Gasteiger partial charge in [0.2, 0.25) is 0 Å².